The molecule has 0 spiro atoms. The smallest absolute Gasteiger partial charge is 0.234 e. The molecule has 2 aromatic carbocycles. The van der Waals surface area contributed by atoms with Gasteiger partial charge in [0.15, 0.2) is 11.5 Å². The first-order valence-corrected chi connectivity index (χ1v) is 8.21. The highest BCUT2D eigenvalue weighted by Crippen LogP contribution is 2.31. The molecule has 0 aliphatic carbocycles. The van der Waals surface area contributed by atoms with Crippen LogP contribution in [-0.4, -0.2) is 26.2 Å². The second kappa shape index (κ2) is 9.99. The van der Waals surface area contributed by atoms with E-state index in [1.54, 1.807) is 7.11 Å². The fraction of sp³-hybridized carbons (Fsp3) is 0.300. The van der Waals surface area contributed by atoms with Crippen molar-refractivity contribution in [1.29, 1.82) is 5.26 Å². The summed E-state index contributed by atoms with van der Waals surface area (Å²) in [6.45, 7) is 0.987. The first kappa shape index (κ1) is 18.3. The summed E-state index contributed by atoms with van der Waals surface area (Å²) >= 11 is 0. The van der Waals surface area contributed by atoms with Crippen molar-refractivity contribution in [3.05, 3.63) is 59.7 Å². The van der Waals surface area contributed by atoms with Crippen LogP contribution >= 0.6 is 0 Å². The Morgan fingerprint density at radius 3 is 2.64 bits per heavy atom. The second-order valence-corrected chi connectivity index (χ2v) is 5.47. The highest BCUT2D eigenvalue weighted by molar-refractivity contribution is 5.77. The minimum Gasteiger partial charge on any atom is -0.493 e. The number of nitrogens with zero attached hydrogens (tertiary/aromatic N) is 1. The van der Waals surface area contributed by atoms with E-state index in [2.05, 4.69) is 17.4 Å². The van der Waals surface area contributed by atoms with E-state index >= 15 is 0 Å². The monoisotopic (exact) mass is 338 g/mol. The van der Waals surface area contributed by atoms with Gasteiger partial charge in [-0.3, -0.25) is 4.79 Å². The van der Waals surface area contributed by atoms with Crippen LogP contribution in [0.4, 0.5) is 0 Å². The maximum atomic E-state index is 11.4. The van der Waals surface area contributed by atoms with Crippen molar-refractivity contribution in [2.24, 2.45) is 0 Å². The molecule has 25 heavy (non-hydrogen) atoms. The van der Waals surface area contributed by atoms with Crippen LogP contribution in [0.25, 0.3) is 0 Å². The van der Waals surface area contributed by atoms with Crippen molar-refractivity contribution in [3.63, 3.8) is 0 Å². The fourth-order valence-corrected chi connectivity index (χ4v) is 2.47. The molecule has 0 saturated heterocycles. The van der Waals surface area contributed by atoms with Gasteiger partial charge in [0.25, 0.3) is 0 Å². The maximum Gasteiger partial charge on any atom is 0.234 e. The van der Waals surface area contributed by atoms with Crippen LogP contribution in [0.3, 0.4) is 0 Å². The highest BCUT2D eigenvalue weighted by atomic mass is 16.5. The molecule has 5 heteroatoms. The molecule has 0 unspecified atom stereocenters. The average molecular weight is 338 g/mol. The normalized spacial score (nSPS) is 9.92. The Bertz CT molecular complexity index is 723. The number of hydrogen-bond donors (Lipinski definition) is 1. The number of nitriles is 1. The molecule has 0 radical (unpaired) electrons. The molecule has 0 aliphatic rings. The molecule has 0 fully saturated rings. The van der Waals surface area contributed by atoms with Crippen LogP contribution in [0.15, 0.2) is 48.5 Å². The molecule has 1 amide bonds. The molecular formula is C20H22N2O3. The number of rotatable bonds is 9. The SMILES string of the molecule is COc1cccc(CCNC(=O)CC#N)c1OCCc1ccccc1. The number of carbonyl (C=O) groups excluding carboxylic acids is 1. The number of hydrogen-bond acceptors (Lipinski definition) is 4. The molecular weight excluding hydrogens is 316 g/mol. The Hall–Kier alpha value is -3.00. The predicted molar refractivity (Wildman–Crippen MR) is 95.6 cm³/mol. The van der Waals surface area contributed by atoms with Crippen LogP contribution in [-0.2, 0) is 17.6 Å². The zero-order chi connectivity index (χ0) is 17.9. The van der Waals surface area contributed by atoms with E-state index in [-0.39, 0.29) is 12.3 Å². The second-order valence-electron chi connectivity index (χ2n) is 5.47. The van der Waals surface area contributed by atoms with Gasteiger partial charge in [-0.15, -0.1) is 0 Å². The van der Waals surface area contributed by atoms with E-state index < -0.39 is 0 Å². The first-order chi connectivity index (χ1) is 12.2. The van der Waals surface area contributed by atoms with Crippen LogP contribution in [0, 0.1) is 11.3 Å². The van der Waals surface area contributed by atoms with E-state index in [9.17, 15) is 4.79 Å². The lowest BCUT2D eigenvalue weighted by Gasteiger charge is -2.15. The zero-order valence-corrected chi connectivity index (χ0v) is 14.3. The van der Waals surface area contributed by atoms with Gasteiger partial charge in [0.05, 0.1) is 19.8 Å². The largest absolute Gasteiger partial charge is 0.493 e. The molecule has 0 saturated carbocycles. The number of ether oxygens (including phenoxy) is 2. The Morgan fingerprint density at radius 1 is 1.12 bits per heavy atom. The third kappa shape index (κ3) is 5.85. The Labute approximate surface area is 148 Å². The van der Waals surface area contributed by atoms with Gasteiger partial charge in [-0.2, -0.15) is 5.26 Å². The molecule has 2 rings (SSSR count). The lowest BCUT2D eigenvalue weighted by atomic mass is 10.1. The molecule has 0 heterocycles. The predicted octanol–water partition coefficient (Wildman–Crippen LogP) is 2.89. The van der Waals surface area contributed by atoms with E-state index in [1.165, 1.54) is 5.56 Å². The van der Waals surface area contributed by atoms with Crippen molar-refractivity contribution in [2.75, 3.05) is 20.3 Å². The summed E-state index contributed by atoms with van der Waals surface area (Å²) in [5.41, 5.74) is 2.17. The van der Waals surface area contributed by atoms with E-state index in [0.717, 1.165) is 12.0 Å². The van der Waals surface area contributed by atoms with Gasteiger partial charge in [-0.05, 0) is 23.6 Å². The molecule has 1 N–H and O–H groups in total. The van der Waals surface area contributed by atoms with Gasteiger partial charge in [-0.25, -0.2) is 0 Å². The van der Waals surface area contributed by atoms with Gasteiger partial charge in [0.2, 0.25) is 5.91 Å². The van der Waals surface area contributed by atoms with E-state index in [4.69, 9.17) is 14.7 Å². The van der Waals surface area contributed by atoms with Crippen molar-refractivity contribution in [2.45, 2.75) is 19.3 Å². The molecule has 130 valence electrons. The van der Waals surface area contributed by atoms with Crippen LogP contribution < -0.4 is 14.8 Å². The third-order valence-electron chi connectivity index (χ3n) is 3.72. The van der Waals surface area contributed by atoms with E-state index in [0.29, 0.717) is 31.1 Å². The number of para-hydroxylation sites is 1. The summed E-state index contributed by atoms with van der Waals surface area (Å²) in [4.78, 5) is 11.4. The maximum absolute atomic E-state index is 11.4. The fourth-order valence-electron chi connectivity index (χ4n) is 2.47. The molecule has 2 aromatic rings. The summed E-state index contributed by atoms with van der Waals surface area (Å²) in [7, 11) is 1.61. The molecule has 0 bridgehead atoms. The molecule has 0 aliphatic heterocycles. The van der Waals surface area contributed by atoms with Gasteiger partial charge in [-0.1, -0.05) is 42.5 Å². The highest BCUT2D eigenvalue weighted by Gasteiger charge is 2.11. The molecule has 5 nitrogen and oxygen atoms in total. The third-order valence-corrected chi connectivity index (χ3v) is 3.72. The quantitative estimate of drug-likeness (QED) is 0.763. The van der Waals surface area contributed by atoms with Crippen LogP contribution in [0.1, 0.15) is 17.5 Å². The summed E-state index contributed by atoms with van der Waals surface area (Å²) in [6.07, 6.45) is 1.28. The van der Waals surface area contributed by atoms with Crippen molar-refractivity contribution < 1.29 is 14.3 Å². The van der Waals surface area contributed by atoms with Gasteiger partial charge in [0, 0.05) is 13.0 Å². The minimum atomic E-state index is -0.267. The van der Waals surface area contributed by atoms with Crippen molar-refractivity contribution in [3.8, 4) is 17.6 Å². The molecule has 0 aromatic heterocycles. The van der Waals surface area contributed by atoms with E-state index in [1.807, 2.05) is 42.5 Å². The number of amides is 1. The van der Waals surface area contributed by atoms with Gasteiger partial charge in [0.1, 0.15) is 6.42 Å². The number of methoxy groups -OCH3 is 1. The number of benzene rings is 2. The van der Waals surface area contributed by atoms with Crippen molar-refractivity contribution >= 4 is 5.91 Å². The summed E-state index contributed by atoms with van der Waals surface area (Å²) < 4.78 is 11.4. The van der Waals surface area contributed by atoms with Gasteiger partial charge >= 0.3 is 0 Å². The summed E-state index contributed by atoms with van der Waals surface area (Å²) in [5.74, 6) is 1.11. The van der Waals surface area contributed by atoms with Crippen molar-refractivity contribution in [1.82, 2.24) is 5.32 Å². The average Bonchev–Trinajstić information content (AvgIpc) is 2.63. The number of carbonyl (C=O) groups is 1. The Balaban J connectivity index is 1.97. The van der Waals surface area contributed by atoms with Gasteiger partial charge < -0.3 is 14.8 Å². The lowest BCUT2D eigenvalue weighted by molar-refractivity contribution is -0.120. The zero-order valence-electron chi connectivity index (χ0n) is 14.3. The number of nitrogens with one attached hydrogen (secondary N) is 1. The van der Waals surface area contributed by atoms with Crippen LogP contribution in [0.5, 0.6) is 11.5 Å². The summed E-state index contributed by atoms with van der Waals surface area (Å²) in [6, 6.07) is 17.7. The minimum absolute atomic E-state index is 0.126. The summed E-state index contributed by atoms with van der Waals surface area (Å²) in [5, 5.41) is 11.2. The first-order valence-electron chi connectivity index (χ1n) is 8.21. The Kier molecular flexibility index (Phi) is 7.33. The molecule has 0 atom stereocenters. The van der Waals surface area contributed by atoms with Crippen LogP contribution in [0.2, 0.25) is 0 Å². The lowest BCUT2D eigenvalue weighted by Crippen LogP contribution is -2.25. The topological polar surface area (TPSA) is 71.3 Å². The Morgan fingerprint density at radius 2 is 1.92 bits per heavy atom. The standard InChI is InChI=1S/C20H22N2O3/c1-24-18-9-5-8-17(11-14-22-19(23)10-13-21)20(18)25-15-12-16-6-3-2-4-7-16/h2-9H,10-12,14-15H2,1H3,(H,22,23).